The topological polar surface area (TPSA) is 15.3 Å². The van der Waals surface area contributed by atoms with Gasteiger partial charge in [0.15, 0.2) is 0 Å². The molecule has 1 aromatic carbocycles. The highest BCUT2D eigenvalue weighted by Gasteiger charge is 2.29. The minimum absolute atomic E-state index is 0.740. The van der Waals surface area contributed by atoms with Crippen LogP contribution in [-0.2, 0) is 6.54 Å². The summed E-state index contributed by atoms with van der Waals surface area (Å²) in [5.74, 6) is 0.749. The van der Waals surface area contributed by atoms with Gasteiger partial charge in [-0.3, -0.25) is 0 Å². The number of hydrogen-bond donors (Lipinski definition) is 1. The van der Waals surface area contributed by atoms with Crippen molar-refractivity contribution in [1.29, 1.82) is 0 Å². The van der Waals surface area contributed by atoms with Crippen molar-refractivity contribution in [2.45, 2.75) is 59.0 Å². The Balaban J connectivity index is 2.02. The number of nitrogens with zero attached hydrogens (tertiary/aromatic N) is 1. The maximum absolute atomic E-state index is 6.47. The molecule has 1 saturated carbocycles. The highest BCUT2D eigenvalue weighted by Crippen LogP contribution is 2.34. The normalized spacial score (nSPS) is 14.7. The third kappa shape index (κ3) is 5.19. The fourth-order valence-electron chi connectivity index (χ4n) is 2.56. The molecular formula is C18H29ClN2. The van der Waals surface area contributed by atoms with Crippen molar-refractivity contribution in [2.75, 3.05) is 18.0 Å². The second-order valence-corrected chi connectivity index (χ2v) is 6.97. The number of anilines is 1. The highest BCUT2D eigenvalue weighted by molar-refractivity contribution is 6.31. The molecule has 0 atom stereocenters. The Kier molecular flexibility index (Phi) is 6.38. The lowest BCUT2D eigenvalue weighted by molar-refractivity contribution is 0.570. The molecule has 0 saturated heterocycles. The largest absolute Gasteiger partial charge is 0.368 e. The Labute approximate surface area is 134 Å². The van der Waals surface area contributed by atoms with Crippen molar-refractivity contribution >= 4 is 17.3 Å². The molecule has 0 bridgehead atoms. The van der Waals surface area contributed by atoms with E-state index in [1.54, 1.807) is 0 Å². The molecule has 1 aliphatic carbocycles. The summed E-state index contributed by atoms with van der Waals surface area (Å²) >= 11 is 6.47. The third-order valence-electron chi connectivity index (χ3n) is 4.05. The van der Waals surface area contributed by atoms with Crippen molar-refractivity contribution < 1.29 is 0 Å². The first-order chi connectivity index (χ1) is 10.1. The Bertz CT molecular complexity index is 441. The van der Waals surface area contributed by atoms with Crippen molar-refractivity contribution in [3.8, 4) is 0 Å². The summed E-state index contributed by atoms with van der Waals surface area (Å²) in [7, 11) is 0. The number of nitrogens with one attached hydrogen (secondary N) is 1. The molecule has 0 amide bonds. The first kappa shape index (κ1) is 16.6. The van der Waals surface area contributed by atoms with Gasteiger partial charge in [0.25, 0.3) is 0 Å². The summed E-state index contributed by atoms with van der Waals surface area (Å²) in [6.45, 7) is 9.82. The smallest absolute Gasteiger partial charge is 0.0471 e. The SMILES string of the molecule is CCCNCc1ccc(N(CCC(C)C)C2CC2)cc1Cl. The Hall–Kier alpha value is -0.730. The zero-order valence-corrected chi connectivity index (χ0v) is 14.4. The van der Waals surface area contributed by atoms with E-state index in [-0.39, 0.29) is 0 Å². The number of rotatable bonds is 9. The van der Waals surface area contributed by atoms with Gasteiger partial charge in [-0.1, -0.05) is 38.4 Å². The molecule has 0 radical (unpaired) electrons. The predicted molar refractivity (Wildman–Crippen MR) is 93.3 cm³/mol. The summed E-state index contributed by atoms with van der Waals surface area (Å²) in [5, 5.41) is 4.31. The van der Waals surface area contributed by atoms with Gasteiger partial charge in [0.1, 0.15) is 0 Å². The molecule has 1 N–H and O–H groups in total. The highest BCUT2D eigenvalue weighted by atomic mass is 35.5. The van der Waals surface area contributed by atoms with Crippen LogP contribution in [0.5, 0.6) is 0 Å². The van der Waals surface area contributed by atoms with E-state index < -0.39 is 0 Å². The molecule has 1 fully saturated rings. The number of benzene rings is 1. The summed E-state index contributed by atoms with van der Waals surface area (Å²) in [4.78, 5) is 2.55. The van der Waals surface area contributed by atoms with Gasteiger partial charge in [-0.05, 0) is 55.8 Å². The van der Waals surface area contributed by atoms with Crippen molar-refractivity contribution in [3.63, 3.8) is 0 Å². The first-order valence-electron chi connectivity index (χ1n) is 8.37. The summed E-state index contributed by atoms with van der Waals surface area (Å²) in [5.41, 5.74) is 2.50. The fraction of sp³-hybridized carbons (Fsp3) is 0.667. The average Bonchev–Trinajstić information content (AvgIpc) is 3.26. The van der Waals surface area contributed by atoms with Crippen LogP contribution < -0.4 is 10.2 Å². The van der Waals surface area contributed by atoms with Crippen LogP contribution in [0.15, 0.2) is 18.2 Å². The van der Waals surface area contributed by atoms with Gasteiger partial charge in [-0.15, -0.1) is 0 Å². The van der Waals surface area contributed by atoms with Crippen LogP contribution in [0.1, 0.15) is 52.0 Å². The van der Waals surface area contributed by atoms with Gasteiger partial charge in [0, 0.05) is 29.8 Å². The van der Waals surface area contributed by atoms with E-state index in [4.69, 9.17) is 11.6 Å². The van der Waals surface area contributed by atoms with Gasteiger partial charge in [0.2, 0.25) is 0 Å². The second kappa shape index (κ2) is 8.05. The molecular weight excluding hydrogens is 280 g/mol. The fourth-order valence-corrected chi connectivity index (χ4v) is 2.81. The molecule has 21 heavy (non-hydrogen) atoms. The van der Waals surface area contributed by atoms with Crippen LogP contribution in [0.25, 0.3) is 0 Å². The second-order valence-electron chi connectivity index (χ2n) is 6.56. The summed E-state index contributed by atoms with van der Waals surface area (Å²) < 4.78 is 0. The molecule has 0 aromatic heterocycles. The maximum Gasteiger partial charge on any atom is 0.0471 e. The maximum atomic E-state index is 6.47. The van der Waals surface area contributed by atoms with Crippen LogP contribution in [0.2, 0.25) is 5.02 Å². The van der Waals surface area contributed by atoms with Gasteiger partial charge >= 0.3 is 0 Å². The standard InChI is InChI=1S/C18H29ClN2/c1-4-10-20-13-15-5-6-17(12-18(15)19)21(16-7-8-16)11-9-14(2)3/h5-6,12,14,16,20H,4,7-11,13H2,1-3H3. The predicted octanol–water partition coefficient (Wildman–Crippen LogP) is 4.85. The van der Waals surface area contributed by atoms with E-state index in [2.05, 4.69) is 49.2 Å². The van der Waals surface area contributed by atoms with E-state index in [9.17, 15) is 0 Å². The molecule has 0 aliphatic heterocycles. The van der Waals surface area contributed by atoms with E-state index in [1.807, 2.05) is 0 Å². The molecule has 1 aromatic rings. The van der Waals surface area contributed by atoms with Crippen LogP contribution in [0, 0.1) is 5.92 Å². The molecule has 2 rings (SSSR count). The van der Waals surface area contributed by atoms with E-state index >= 15 is 0 Å². The van der Waals surface area contributed by atoms with E-state index in [1.165, 1.54) is 30.5 Å². The molecule has 0 heterocycles. The molecule has 3 heteroatoms. The first-order valence-corrected chi connectivity index (χ1v) is 8.75. The Morgan fingerprint density at radius 3 is 2.67 bits per heavy atom. The van der Waals surface area contributed by atoms with Crippen LogP contribution in [0.3, 0.4) is 0 Å². The zero-order valence-electron chi connectivity index (χ0n) is 13.7. The molecule has 118 valence electrons. The lowest BCUT2D eigenvalue weighted by Gasteiger charge is -2.26. The van der Waals surface area contributed by atoms with Gasteiger partial charge in [0.05, 0.1) is 0 Å². The van der Waals surface area contributed by atoms with Crippen molar-refractivity contribution in [3.05, 3.63) is 28.8 Å². The van der Waals surface area contributed by atoms with Crippen LogP contribution >= 0.6 is 11.6 Å². The third-order valence-corrected chi connectivity index (χ3v) is 4.40. The summed E-state index contributed by atoms with van der Waals surface area (Å²) in [6, 6.07) is 7.32. The Morgan fingerprint density at radius 2 is 2.10 bits per heavy atom. The number of hydrogen-bond acceptors (Lipinski definition) is 2. The van der Waals surface area contributed by atoms with Crippen LogP contribution in [-0.4, -0.2) is 19.1 Å². The van der Waals surface area contributed by atoms with Crippen molar-refractivity contribution in [1.82, 2.24) is 5.32 Å². The Morgan fingerprint density at radius 1 is 1.33 bits per heavy atom. The molecule has 0 unspecified atom stereocenters. The van der Waals surface area contributed by atoms with Crippen molar-refractivity contribution in [2.24, 2.45) is 5.92 Å². The zero-order chi connectivity index (χ0) is 15.2. The van der Waals surface area contributed by atoms with Gasteiger partial charge in [-0.25, -0.2) is 0 Å². The minimum Gasteiger partial charge on any atom is -0.368 e. The number of halogens is 1. The van der Waals surface area contributed by atoms with Gasteiger partial charge in [-0.2, -0.15) is 0 Å². The molecule has 2 nitrogen and oxygen atoms in total. The quantitative estimate of drug-likeness (QED) is 0.656. The van der Waals surface area contributed by atoms with Gasteiger partial charge < -0.3 is 10.2 Å². The lowest BCUT2D eigenvalue weighted by atomic mass is 10.1. The summed E-state index contributed by atoms with van der Waals surface area (Å²) in [6.07, 6.45) is 5.05. The monoisotopic (exact) mass is 308 g/mol. The van der Waals surface area contributed by atoms with Crippen LogP contribution in [0.4, 0.5) is 5.69 Å². The minimum atomic E-state index is 0.740. The van der Waals surface area contributed by atoms with E-state index in [0.717, 1.165) is 43.0 Å². The molecule has 1 aliphatic rings. The average molecular weight is 309 g/mol. The molecule has 0 spiro atoms. The van der Waals surface area contributed by atoms with E-state index in [0.29, 0.717) is 0 Å². The lowest BCUT2D eigenvalue weighted by Crippen LogP contribution is -2.27.